The topological polar surface area (TPSA) is 18.5 Å². The maximum Gasteiger partial charge on any atom is 0.196 e. The molecule has 4 atom stereocenters. The van der Waals surface area contributed by atoms with Crippen LogP contribution in [0.15, 0.2) is 35.6 Å². The molecule has 1 saturated heterocycles. The molecule has 0 saturated carbocycles. The third kappa shape index (κ3) is 1.36. The minimum Gasteiger partial charge on any atom is -0.469 e. The van der Waals surface area contributed by atoms with Crippen molar-refractivity contribution in [1.82, 2.24) is 0 Å². The van der Waals surface area contributed by atoms with Crippen molar-refractivity contribution in [2.24, 2.45) is 11.8 Å². The van der Waals surface area contributed by atoms with E-state index in [-0.39, 0.29) is 12.4 Å². The average Bonchev–Trinajstić information content (AvgIpc) is 2.54. The van der Waals surface area contributed by atoms with Gasteiger partial charge < -0.3 is 9.47 Å². The summed E-state index contributed by atoms with van der Waals surface area (Å²) in [5.41, 5.74) is 1.40. The number of rotatable bonds is 0. The second-order valence-corrected chi connectivity index (χ2v) is 4.54. The predicted molar refractivity (Wildman–Crippen MR) is 58.0 cm³/mol. The normalized spacial score (nSPS) is 42.5. The van der Waals surface area contributed by atoms with Gasteiger partial charge in [-0.25, -0.2) is 0 Å². The molecule has 0 aromatic carbocycles. The summed E-state index contributed by atoms with van der Waals surface area (Å²) >= 11 is 0. The second-order valence-electron chi connectivity index (χ2n) is 4.54. The largest absolute Gasteiger partial charge is 0.469 e. The Morgan fingerprint density at radius 1 is 1.33 bits per heavy atom. The van der Waals surface area contributed by atoms with Crippen LogP contribution in [0.2, 0.25) is 0 Å². The molecule has 80 valence electrons. The molecular formula is C13H16O2. The van der Waals surface area contributed by atoms with E-state index in [4.69, 9.17) is 9.47 Å². The van der Waals surface area contributed by atoms with Gasteiger partial charge in [-0.3, -0.25) is 0 Å². The molecule has 4 unspecified atom stereocenters. The van der Waals surface area contributed by atoms with Gasteiger partial charge in [0.25, 0.3) is 0 Å². The first-order chi connectivity index (χ1) is 7.25. The van der Waals surface area contributed by atoms with E-state index in [9.17, 15) is 0 Å². The van der Waals surface area contributed by atoms with Crippen LogP contribution in [0.25, 0.3) is 0 Å². The van der Waals surface area contributed by atoms with Crippen LogP contribution in [0.5, 0.6) is 0 Å². The fraction of sp³-hybridized carbons (Fsp3) is 0.538. The zero-order chi connectivity index (χ0) is 10.4. The molecule has 15 heavy (non-hydrogen) atoms. The lowest BCUT2D eigenvalue weighted by Gasteiger charge is -2.36. The third-order valence-electron chi connectivity index (χ3n) is 3.53. The van der Waals surface area contributed by atoms with Crippen LogP contribution in [-0.2, 0) is 9.47 Å². The van der Waals surface area contributed by atoms with Crippen molar-refractivity contribution in [1.29, 1.82) is 0 Å². The number of fused-ring (bicyclic) bond motifs is 3. The predicted octanol–water partition coefficient (Wildman–Crippen LogP) is 2.78. The van der Waals surface area contributed by atoms with Crippen molar-refractivity contribution in [2.45, 2.75) is 32.7 Å². The minimum atomic E-state index is -0.101. The van der Waals surface area contributed by atoms with Crippen LogP contribution in [0.1, 0.15) is 20.3 Å². The van der Waals surface area contributed by atoms with E-state index in [1.165, 1.54) is 5.57 Å². The van der Waals surface area contributed by atoms with Gasteiger partial charge in [0.2, 0.25) is 0 Å². The van der Waals surface area contributed by atoms with Gasteiger partial charge >= 0.3 is 0 Å². The lowest BCUT2D eigenvalue weighted by molar-refractivity contribution is -0.193. The molecule has 2 aliphatic carbocycles. The Morgan fingerprint density at radius 2 is 2.20 bits per heavy atom. The first-order valence-corrected chi connectivity index (χ1v) is 5.66. The standard InChI is InChI=1S/C13H16O2/c1-8-13-11-6-4-3-5-10(11)7-12(13)15-9(2)14-8/h3-5,7-9,11,13H,6H2,1-2H3. The summed E-state index contributed by atoms with van der Waals surface area (Å²) in [5.74, 6) is 2.13. The van der Waals surface area contributed by atoms with Gasteiger partial charge in [-0.1, -0.05) is 18.2 Å². The van der Waals surface area contributed by atoms with Crippen molar-refractivity contribution < 1.29 is 9.47 Å². The smallest absolute Gasteiger partial charge is 0.196 e. The van der Waals surface area contributed by atoms with Gasteiger partial charge in [-0.15, -0.1) is 0 Å². The zero-order valence-electron chi connectivity index (χ0n) is 9.14. The minimum absolute atomic E-state index is 0.101. The van der Waals surface area contributed by atoms with Crippen molar-refractivity contribution in [2.75, 3.05) is 0 Å². The van der Waals surface area contributed by atoms with E-state index in [1.54, 1.807) is 0 Å². The molecule has 2 nitrogen and oxygen atoms in total. The quantitative estimate of drug-likeness (QED) is 0.604. The lowest BCUT2D eigenvalue weighted by Crippen LogP contribution is -2.37. The van der Waals surface area contributed by atoms with Crippen LogP contribution >= 0.6 is 0 Å². The van der Waals surface area contributed by atoms with Crippen LogP contribution in [0.3, 0.4) is 0 Å². The highest BCUT2D eigenvalue weighted by atomic mass is 16.7. The SMILES string of the molecule is CC1OC2=CC3=CC=CCC3C2C(C)O1. The molecule has 3 aliphatic rings. The summed E-state index contributed by atoms with van der Waals surface area (Å²) in [6.07, 6.45) is 10.0. The van der Waals surface area contributed by atoms with Gasteiger partial charge in [-0.05, 0) is 37.8 Å². The lowest BCUT2D eigenvalue weighted by atomic mass is 9.83. The van der Waals surface area contributed by atoms with Crippen LogP contribution in [-0.4, -0.2) is 12.4 Å². The third-order valence-corrected chi connectivity index (χ3v) is 3.53. The number of hydrogen-bond acceptors (Lipinski definition) is 2. The first kappa shape index (κ1) is 9.22. The van der Waals surface area contributed by atoms with Crippen molar-refractivity contribution in [3.8, 4) is 0 Å². The van der Waals surface area contributed by atoms with Gasteiger partial charge in [0.1, 0.15) is 5.76 Å². The Morgan fingerprint density at radius 3 is 3.07 bits per heavy atom. The molecule has 0 radical (unpaired) electrons. The maximum absolute atomic E-state index is 5.74. The maximum atomic E-state index is 5.74. The summed E-state index contributed by atoms with van der Waals surface area (Å²) in [4.78, 5) is 0. The number of hydrogen-bond donors (Lipinski definition) is 0. The van der Waals surface area contributed by atoms with E-state index in [2.05, 4.69) is 31.2 Å². The van der Waals surface area contributed by atoms with Gasteiger partial charge in [0.15, 0.2) is 6.29 Å². The Kier molecular flexibility index (Phi) is 1.99. The van der Waals surface area contributed by atoms with Crippen molar-refractivity contribution >= 4 is 0 Å². The average molecular weight is 204 g/mol. The Bertz CT molecular complexity index is 365. The Hall–Kier alpha value is -1.02. The monoisotopic (exact) mass is 204 g/mol. The fourth-order valence-electron chi connectivity index (χ4n) is 2.91. The molecular weight excluding hydrogens is 188 g/mol. The van der Waals surface area contributed by atoms with Crippen LogP contribution in [0.4, 0.5) is 0 Å². The van der Waals surface area contributed by atoms with Gasteiger partial charge in [0.05, 0.1) is 6.10 Å². The summed E-state index contributed by atoms with van der Waals surface area (Å²) in [7, 11) is 0. The molecule has 0 aromatic heterocycles. The molecule has 0 amide bonds. The van der Waals surface area contributed by atoms with Crippen LogP contribution < -0.4 is 0 Å². The molecule has 2 heteroatoms. The van der Waals surface area contributed by atoms with Crippen LogP contribution in [0, 0.1) is 11.8 Å². The summed E-state index contributed by atoms with van der Waals surface area (Å²) in [5, 5.41) is 0. The molecule has 0 aromatic rings. The van der Waals surface area contributed by atoms with E-state index >= 15 is 0 Å². The van der Waals surface area contributed by atoms with E-state index in [0.717, 1.165) is 12.2 Å². The summed E-state index contributed by atoms with van der Waals surface area (Å²) in [6.45, 7) is 4.11. The molecule has 3 rings (SSSR count). The Labute approximate surface area is 90.3 Å². The van der Waals surface area contributed by atoms with Crippen molar-refractivity contribution in [3.05, 3.63) is 35.6 Å². The molecule has 1 fully saturated rings. The van der Waals surface area contributed by atoms with E-state index in [1.807, 2.05) is 6.92 Å². The zero-order valence-corrected chi connectivity index (χ0v) is 9.14. The molecule has 1 heterocycles. The number of ether oxygens (including phenoxy) is 2. The highest BCUT2D eigenvalue weighted by Crippen LogP contribution is 2.45. The summed E-state index contributed by atoms with van der Waals surface area (Å²) < 4.78 is 11.5. The molecule has 1 aliphatic heterocycles. The first-order valence-electron chi connectivity index (χ1n) is 5.66. The van der Waals surface area contributed by atoms with E-state index in [0.29, 0.717) is 11.8 Å². The van der Waals surface area contributed by atoms with Gasteiger partial charge in [0, 0.05) is 5.92 Å². The van der Waals surface area contributed by atoms with E-state index < -0.39 is 0 Å². The highest BCUT2D eigenvalue weighted by molar-refractivity contribution is 5.40. The highest BCUT2D eigenvalue weighted by Gasteiger charge is 2.42. The summed E-state index contributed by atoms with van der Waals surface area (Å²) in [6, 6.07) is 0. The Balaban J connectivity index is 1.95. The fourth-order valence-corrected chi connectivity index (χ4v) is 2.91. The number of allylic oxidation sites excluding steroid dienone is 5. The van der Waals surface area contributed by atoms with Gasteiger partial charge in [-0.2, -0.15) is 0 Å². The molecule has 0 N–H and O–H groups in total. The van der Waals surface area contributed by atoms with Crippen molar-refractivity contribution in [3.63, 3.8) is 0 Å². The molecule has 0 bridgehead atoms. The second kappa shape index (κ2) is 3.24. The molecule has 0 spiro atoms.